The maximum absolute atomic E-state index is 9.64. The van der Waals surface area contributed by atoms with Gasteiger partial charge in [0, 0.05) is 0 Å². The summed E-state index contributed by atoms with van der Waals surface area (Å²) in [5.41, 5.74) is 0. The van der Waals surface area contributed by atoms with Crippen LogP contribution in [0.1, 0.15) is 0 Å². The van der Waals surface area contributed by atoms with E-state index in [1.165, 1.54) is 0 Å². The van der Waals surface area contributed by atoms with Gasteiger partial charge >= 0.3 is 38.8 Å². The van der Waals surface area contributed by atoms with E-state index in [-0.39, 0.29) is 33.4 Å². The van der Waals surface area contributed by atoms with Gasteiger partial charge in [-0.25, -0.2) is 9.59 Å². The van der Waals surface area contributed by atoms with E-state index in [1.54, 1.807) is 0 Å². The molecule has 11 heavy (non-hydrogen) atoms. The minimum atomic E-state index is -1.95. The number of carbonyl (C=O) groups excluding carboxylic acids is 1. The number of carbonyl (C=O) groups is 3. The number of hydrogen-bond donors (Lipinski definition) is 2. The number of nitrogens with two attached hydrogens (primary N) is 2. The van der Waals surface area contributed by atoms with Crippen molar-refractivity contribution in [2.45, 2.75) is 0 Å². The average Bonchev–Trinajstić information content (AvgIpc) is 1.64. The molecule has 0 radical (unpaired) electrons. The fourth-order valence-corrected chi connectivity index (χ4v) is 0.0915. The molecular weight excluding hydrogens is 339 g/mol. The molecule has 0 saturated carbocycles. The van der Waals surface area contributed by atoms with Gasteiger partial charge in [0.15, 0.2) is 0 Å². The molecule has 0 rings (SSSR count). The Hall–Kier alpha value is -0.782. The van der Waals surface area contributed by atoms with E-state index < -0.39 is 17.7 Å². The van der Waals surface area contributed by atoms with Crippen LogP contribution >= 0.6 is 0 Å². The third-order valence-electron chi connectivity index (χ3n) is 0.388. The molecule has 0 saturated heterocycles. The van der Waals surface area contributed by atoms with E-state index in [1.807, 2.05) is 0 Å². The van der Waals surface area contributed by atoms with Crippen LogP contribution in [0.25, 0.3) is 12.3 Å². The fourth-order valence-electron chi connectivity index (χ4n) is 0.0915. The summed E-state index contributed by atoms with van der Waals surface area (Å²) in [7, 11) is 0. The summed E-state index contributed by atoms with van der Waals surface area (Å²) >= 11 is 0. The zero-order valence-electron chi connectivity index (χ0n) is 5.09. The smallest absolute Gasteiger partial charge is 0.693 e. The number of aliphatic carboxylic acids is 2. The van der Waals surface area contributed by atoms with Crippen LogP contribution in [0.3, 0.4) is 0 Å². The van der Waals surface area contributed by atoms with Crippen LogP contribution in [-0.2, 0) is 35.4 Å². The van der Waals surface area contributed by atoms with Crippen LogP contribution < -0.4 is 0 Å². The first kappa shape index (κ1) is 22.5. The number of carboxylic acid groups (broad SMARTS) is 2. The van der Waals surface area contributed by atoms with Crippen LogP contribution in [-0.4, -0.2) is 27.9 Å². The van der Waals surface area contributed by atoms with Crippen LogP contribution in [0.4, 0.5) is 0 Å². The summed E-state index contributed by atoms with van der Waals surface area (Å²) in [4.78, 5) is 28.5. The van der Waals surface area contributed by atoms with Crippen molar-refractivity contribution in [3.8, 4) is 0 Å². The first-order chi connectivity index (χ1) is 3.55. The monoisotopic (exact) mass is 345 g/mol. The quantitative estimate of drug-likeness (QED) is 0.538. The molecule has 0 aromatic heterocycles. The van der Waals surface area contributed by atoms with E-state index in [0.29, 0.717) is 0 Å². The second kappa shape index (κ2) is 9.22. The van der Waals surface area contributed by atoms with Gasteiger partial charge in [-0.1, -0.05) is 0 Å². The van der Waals surface area contributed by atoms with Crippen LogP contribution in [0.2, 0.25) is 0 Å². The Kier molecular flexibility index (Phi) is 18.8. The number of ketones is 1. The molecule has 0 aliphatic heterocycles. The van der Waals surface area contributed by atoms with Gasteiger partial charge in [0.2, 0.25) is 0 Å². The van der Waals surface area contributed by atoms with Crippen molar-refractivity contribution in [1.29, 1.82) is 0 Å². The summed E-state index contributed by atoms with van der Waals surface area (Å²) in [5.74, 6) is -5.71. The van der Waals surface area contributed by atoms with Crippen molar-refractivity contribution in [2.24, 2.45) is 0 Å². The fraction of sp³-hybridized carbons (Fsp3) is 0. The topological polar surface area (TPSA) is 159 Å². The van der Waals surface area contributed by atoms with E-state index in [9.17, 15) is 14.4 Å². The van der Waals surface area contributed by atoms with E-state index >= 15 is 0 Å². The van der Waals surface area contributed by atoms with E-state index in [0.717, 1.165) is 0 Å². The predicted molar refractivity (Wildman–Crippen MR) is 30.8 cm³/mol. The molecular formula is C3H6N2O5Pt. The SMILES string of the molecule is O=C(O)C(=O)C(=O)O.[NH2-].[NH2-].[Pt+2]. The van der Waals surface area contributed by atoms with Gasteiger partial charge in [-0.15, -0.1) is 0 Å². The molecule has 0 aliphatic rings. The standard InChI is InChI=1S/C3H2O5.2H2N.Pt/c4-1(2(5)6)3(7)8;;;/h(H,5,6)(H,7,8);2*1H2;/q;2*-1;+2. The normalized spacial score (nSPS) is 5.82. The molecule has 0 bridgehead atoms. The molecule has 6 N–H and O–H groups in total. The van der Waals surface area contributed by atoms with Gasteiger partial charge in [0.1, 0.15) is 0 Å². The van der Waals surface area contributed by atoms with Crippen molar-refractivity contribution >= 4 is 17.7 Å². The molecule has 0 aromatic carbocycles. The Labute approximate surface area is 76.2 Å². The molecule has 7 nitrogen and oxygen atoms in total. The molecule has 0 amide bonds. The Morgan fingerprint density at radius 1 is 0.818 bits per heavy atom. The molecule has 68 valence electrons. The van der Waals surface area contributed by atoms with Gasteiger partial charge < -0.3 is 22.5 Å². The van der Waals surface area contributed by atoms with Gasteiger partial charge in [-0.05, 0) is 0 Å². The van der Waals surface area contributed by atoms with Crippen LogP contribution in [0.5, 0.6) is 0 Å². The van der Waals surface area contributed by atoms with Crippen molar-refractivity contribution in [1.82, 2.24) is 0 Å². The number of hydrogen-bond acceptors (Lipinski definition) is 3. The summed E-state index contributed by atoms with van der Waals surface area (Å²) in [6.45, 7) is 0. The van der Waals surface area contributed by atoms with Crippen molar-refractivity contribution in [3.63, 3.8) is 0 Å². The maximum Gasteiger partial charge on any atom is 2.00 e. The Bertz CT molecular complexity index is 142. The molecule has 0 unspecified atom stereocenters. The van der Waals surface area contributed by atoms with Gasteiger partial charge in [0.05, 0.1) is 0 Å². The Morgan fingerprint density at radius 2 is 1.00 bits per heavy atom. The molecule has 0 atom stereocenters. The van der Waals surface area contributed by atoms with Crippen molar-refractivity contribution in [2.75, 3.05) is 0 Å². The number of carboxylic acids is 2. The minimum Gasteiger partial charge on any atom is -0.693 e. The largest absolute Gasteiger partial charge is 2.00 e. The van der Waals surface area contributed by atoms with E-state index in [2.05, 4.69) is 0 Å². The molecule has 0 aliphatic carbocycles. The second-order valence-electron chi connectivity index (χ2n) is 0.939. The number of rotatable bonds is 2. The van der Waals surface area contributed by atoms with Crippen LogP contribution in [0, 0.1) is 0 Å². The van der Waals surface area contributed by atoms with Gasteiger partial charge in [0.25, 0.3) is 0 Å². The number of Topliss-reactive ketones (excluding diaryl/α,β-unsaturated/α-hetero) is 1. The summed E-state index contributed by atoms with van der Waals surface area (Å²) in [6.07, 6.45) is 0. The average molecular weight is 345 g/mol. The summed E-state index contributed by atoms with van der Waals surface area (Å²) in [5, 5.41) is 15.2. The van der Waals surface area contributed by atoms with E-state index in [4.69, 9.17) is 10.2 Å². The van der Waals surface area contributed by atoms with Crippen molar-refractivity contribution < 1.29 is 45.7 Å². The zero-order valence-corrected chi connectivity index (χ0v) is 7.36. The van der Waals surface area contributed by atoms with Gasteiger partial charge in [-0.2, -0.15) is 0 Å². The van der Waals surface area contributed by atoms with Crippen molar-refractivity contribution in [3.05, 3.63) is 12.3 Å². The summed E-state index contributed by atoms with van der Waals surface area (Å²) < 4.78 is 0. The molecule has 0 heterocycles. The third kappa shape index (κ3) is 9.22. The van der Waals surface area contributed by atoms with Crippen LogP contribution in [0.15, 0.2) is 0 Å². The maximum atomic E-state index is 9.64. The Balaban J connectivity index is -0.0000000817. The molecule has 0 aromatic rings. The molecule has 0 spiro atoms. The second-order valence-corrected chi connectivity index (χ2v) is 0.939. The molecule has 8 heteroatoms. The first-order valence-electron chi connectivity index (χ1n) is 1.56. The first-order valence-corrected chi connectivity index (χ1v) is 1.56. The predicted octanol–water partition coefficient (Wildman–Crippen LogP) is 0.156. The zero-order chi connectivity index (χ0) is 6.73. The minimum absolute atomic E-state index is 0. The molecule has 0 fully saturated rings. The Morgan fingerprint density at radius 3 is 1.00 bits per heavy atom. The summed E-state index contributed by atoms with van der Waals surface area (Å²) in [6, 6.07) is 0. The van der Waals surface area contributed by atoms with Gasteiger partial charge in [-0.3, -0.25) is 4.79 Å². The third-order valence-corrected chi connectivity index (χ3v) is 0.388.